The van der Waals surface area contributed by atoms with Crippen LogP contribution in [0.2, 0.25) is 0 Å². The van der Waals surface area contributed by atoms with Crippen LogP contribution in [0, 0.1) is 0 Å². The molecule has 0 bridgehead atoms. The number of carbonyl (C=O) groups is 2. The van der Waals surface area contributed by atoms with Crippen molar-refractivity contribution in [1.82, 2.24) is 0 Å². The summed E-state index contributed by atoms with van der Waals surface area (Å²) in [5.74, 6) is -0.452. The largest absolute Gasteiger partial charge is 0.534 e. The van der Waals surface area contributed by atoms with Crippen molar-refractivity contribution in [2.24, 2.45) is 10.9 Å². The Balaban J connectivity index is 2.78. The van der Waals surface area contributed by atoms with Gasteiger partial charge in [-0.15, -0.1) is 0 Å². The Morgan fingerprint density at radius 1 is 1.10 bits per heavy atom. The van der Waals surface area contributed by atoms with E-state index in [1.807, 2.05) is 0 Å². The molecule has 0 aliphatic carbocycles. The first-order valence-electron chi connectivity index (χ1n) is 6.15. The molecule has 114 valence electrons. The van der Waals surface area contributed by atoms with Gasteiger partial charge in [0.15, 0.2) is 5.84 Å². The Hall–Kier alpha value is -2.57. The number of carbonyl (C=O) groups excluding carboxylic acids is 2. The summed E-state index contributed by atoms with van der Waals surface area (Å²) in [6.07, 6.45) is -0.969. The minimum absolute atomic E-state index is 0.0175. The fourth-order valence-corrected chi connectivity index (χ4v) is 1.29. The molecule has 7 heteroatoms. The van der Waals surface area contributed by atoms with Crippen LogP contribution in [0.5, 0.6) is 0 Å². The molecule has 0 aliphatic rings. The quantitative estimate of drug-likeness (QED) is 0.301. The number of esters is 1. The lowest BCUT2D eigenvalue weighted by Gasteiger charge is -2.19. The maximum atomic E-state index is 11.8. The molecule has 1 aromatic carbocycles. The van der Waals surface area contributed by atoms with Gasteiger partial charge < -0.3 is 15.2 Å². The molecule has 0 fully saturated rings. The molecule has 0 unspecified atom stereocenters. The topological polar surface area (TPSA) is 100 Å². The van der Waals surface area contributed by atoms with Gasteiger partial charge in [-0.3, -0.25) is 4.84 Å². The zero-order valence-corrected chi connectivity index (χ0v) is 12.4. The van der Waals surface area contributed by atoms with E-state index in [0.29, 0.717) is 11.1 Å². The van der Waals surface area contributed by atoms with Crippen molar-refractivity contribution in [2.45, 2.75) is 26.4 Å². The van der Waals surface area contributed by atoms with Gasteiger partial charge >= 0.3 is 12.1 Å². The smallest absolute Gasteiger partial charge is 0.456 e. The summed E-state index contributed by atoms with van der Waals surface area (Å²) in [6.45, 7) is 5.36. The van der Waals surface area contributed by atoms with Crippen molar-refractivity contribution >= 4 is 18.0 Å². The predicted octanol–water partition coefficient (Wildman–Crippen LogP) is 2.05. The highest BCUT2D eigenvalue weighted by molar-refractivity contribution is 5.98. The molecule has 1 aromatic rings. The van der Waals surface area contributed by atoms with Crippen LogP contribution in [0.25, 0.3) is 0 Å². The lowest BCUT2D eigenvalue weighted by molar-refractivity contribution is 0.00694. The second-order valence-corrected chi connectivity index (χ2v) is 5.10. The Labute approximate surface area is 122 Å². The number of hydrogen-bond acceptors (Lipinski definition) is 6. The Morgan fingerprint density at radius 3 is 2.10 bits per heavy atom. The monoisotopic (exact) mass is 294 g/mol. The van der Waals surface area contributed by atoms with Crippen LogP contribution in [0.4, 0.5) is 4.79 Å². The second kappa shape index (κ2) is 6.74. The maximum absolute atomic E-state index is 11.8. The molecule has 0 atom stereocenters. The Bertz CT molecular complexity index is 543. The molecule has 2 N–H and O–H groups in total. The number of hydrogen-bond donors (Lipinski definition) is 1. The van der Waals surface area contributed by atoms with Crippen LogP contribution in [-0.2, 0) is 14.3 Å². The molecular formula is C14H18N2O5. The maximum Gasteiger partial charge on any atom is 0.534 e. The standard InChI is InChI=1S/C14H18N2O5/c1-14(2,3)20-12(17)10-7-5-9(6-8-10)11(15)16-21-13(18)19-4/h5-8H,1-4H3,(H2,15,16). The van der Waals surface area contributed by atoms with Crippen molar-refractivity contribution in [3.05, 3.63) is 35.4 Å². The van der Waals surface area contributed by atoms with Crippen LogP contribution in [0.1, 0.15) is 36.7 Å². The van der Waals surface area contributed by atoms with Crippen LogP contribution in [0.15, 0.2) is 29.4 Å². The third-order valence-corrected chi connectivity index (χ3v) is 2.20. The van der Waals surface area contributed by atoms with Gasteiger partial charge in [0, 0.05) is 5.56 Å². The van der Waals surface area contributed by atoms with E-state index < -0.39 is 17.7 Å². The van der Waals surface area contributed by atoms with Crippen LogP contribution < -0.4 is 5.73 Å². The number of ether oxygens (including phenoxy) is 2. The summed E-state index contributed by atoms with van der Waals surface area (Å²) in [5.41, 5.74) is 5.94. The van der Waals surface area contributed by atoms with Crippen molar-refractivity contribution < 1.29 is 23.9 Å². The molecule has 0 amide bonds. The molecule has 0 aliphatic heterocycles. The van der Waals surface area contributed by atoms with Crippen molar-refractivity contribution in [2.75, 3.05) is 7.11 Å². The summed E-state index contributed by atoms with van der Waals surface area (Å²) >= 11 is 0. The molecule has 0 spiro atoms. The van der Waals surface area contributed by atoms with E-state index in [1.54, 1.807) is 45.0 Å². The minimum Gasteiger partial charge on any atom is -0.456 e. The third-order valence-electron chi connectivity index (χ3n) is 2.20. The Kier molecular flexibility index (Phi) is 5.29. The molecule has 0 saturated carbocycles. The van der Waals surface area contributed by atoms with Crippen molar-refractivity contribution in [3.8, 4) is 0 Å². The zero-order chi connectivity index (χ0) is 16.0. The molecule has 0 radical (unpaired) electrons. The molecule has 7 nitrogen and oxygen atoms in total. The average molecular weight is 294 g/mol. The van der Waals surface area contributed by atoms with Gasteiger partial charge in [-0.05, 0) is 32.9 Å². The van der Waals surface area contributed by atoms with E-state index in [2.05, 4.69) is 14.7 Å². The summed E-state index contributed by atoms with van der Waals surface area (Å²) in [7, 11) is 1.16. The summed E-state index contributed by atoms with van der Waals surface area (Å²) < 4.78 is 9.48. The molecule has 0 aromatic heterocycles. The highest BCUT2D eigenvalue weighted by Gasteiger charge is 2.17. The lowest BCUT2D eigenvalue weighted by Crippen LogP contribution is -2.24. The third kappa shape index (κ3) is 5.52. The van der Waals surface area contributed by atoms with Gasteiger partial charge in [-0.25, -0.2) is 9.59 Å². The van der Waals surface area contributed by atoms with Gasteiger partial charge in [0.2, 0.25) is 0 Å². The van der Waals surface area contributed by atoms with E-state index >= 15 is 0 Å². The highest BCUT2D eigenvalue weighted by Crippen LogP contribution is 2.13. The van der Waals surface area contributed by atoms with Crippen molar-refractivity contribution in [3.63, 3.8) is 0 Å². The zero-order valence-electron chi connectivity index (χ0n) is 12.4. The number of amidine groups is 1. The van der Waals surface area contributed by atoms with E-state index in [0.717, 1.165) is 7.11 Å². The second-order valence-electron chi connectivity index (χ2n) is 5.10. The number of rotatable bonds is 3. The first-order valence-corrected chi connectivity index (χ1v) is 6.15. The normalized spacial score (nSPS) is 11.7. The van der Waals surface area contributed by atoms with E-state index in [4.69, 9.17) is 10.5 Å². The summed E-state index contributed by atoms with van der Waals surface area (Å²) in [5, 5.41) is 3.40. The fourth-order valence-electron chi connectivity index (χ4n) is 1.29. The molecule has 0 heterocycles. The molecule has 1 rings (SSSR count). The SMILES string of the molecule is COC(=O)ON=C(N)c1ccc(C(=O)OC(C)(C)C)cc1. The molecule has 0 saturated heterocycles. The lowest BCUT2D eigenvalue weighted by atomic mass is 10.1. The number of nitrogens with zero attached hydrogens (tertiary/aromatic N) is 1. The summed E-state index contributed by atoms with van der Waals surface area (Å²) in [6, 6.07) is 6.23. The van der Waals surface area contributed by atoms with E-state index in [-0.39, 0.29) is 5.84 Å². The predicted molar refractivity (Wildman–Crippen MR) is 75.8 cm³/mol. The first-order chi connectivity index (χ1) is 9.73. The van der Waals surface area contributed by atoms with Gasteiger partial charge in [0.1, 0.15) is 5.60 Å². The number of methoxy groups -OCH3 is 1. The van der Waals surface area contributed by atoms with Gasteiger partial charge in [-0.2, -0.15) is 0 Å². The van der Waals surface area contributed by atoms with E-state index in [1.165, 1.54) is 0 Å². The van der Waals surface area contributed by atoms with Crippen LogP contribution in [0.3, 0.4) is 0 Å². The van der Waals surface area contributed by atoms with Crippen LogP contribution >= 0.6 is 0 Å². The summed E-state index contributed by atoms with van der Waals surface area (Å²) in [4.78, 5) is 26.9. The first kappa shape index (κ1) is 16.5. The van der Waals surface area contributed by atoms with Gasteiger partial charge in [-0.1, -0.05) is 17.3 Å². The highest BCUT2D eigenvalue weighted by atomic mass is 16.8. The molecule has 21 heavy (non-hydrogen) atoms. The van der Waals surface area contributed by atoms with E-state index in [9.17, 15) is 9.59 Å². The van der Waals surface area contributed by atoms with Crippen LogP contribution in [-0.4, -0.2) is 30.7 Å². The average Bonchev–Trinajstić information content (AvgIpc) is 2.42. The Morgan fingerprint density at radius 2 is 1.62 bits per heavy atom. The number of benzene rings is 1. The van der Waals surface area contributed by atoms with Crippen molar-refractivity contribution in [1.29, 1.82) is 0 Å². The minimum atomic E-state index is -0.969. The molecular weight excluding hydrogens is 276 g/mol. The van der Waals surface area contributed by atoms with Gasteiger partial charge in [0.25, 0.3) is 0 Å². The number of oxime groups is 1. The van der Waals surface area contributed by atoms with Gasteiger partial charge in [0.05, 0.1) is 12.7 Å². The number of nitrogens with two attached hydrogens (primary N) is 1. The fraction of sp³-hybridized carbons (Fsp3) is 0.357.